The van der Waals surface area contributed by atoms with Crippen molar-refractivity contribution >= 4 is 11.8 Å². The first kappa shape index (κ1) is 17.1. The maximum absolute atomic E-state index is 9.46. The molecule has 1 rings (SSSR count). The Kier molecular flexibility index (Phi) is 6.65. The summed E-state index contributed by atoms with van der Waals surface area (Å²) in [6.07, 6.45) is 2.90. The Labute approximate surface area is 125 Å². The maximum atomic E-state index is 9.46. The Morgan fingerprint density at radius 3 is 2.30 bits per heavy atom. The van der Waals surface area contributed by atoms with E-state index in [-0.39, 0.29) is 12.1 Å². The average Bonchev–Trinajstić information content (AvgIpc) is 2.51. The highest BCUT2D eigenvalue weighted by Crippen LogP contribution is 2.34. The van der Waals surface area contributed by atoms with Gasteiger partial charge in [-0.3, -0.25) is 0 Å². The number of hydrogen-bond acceptors (Lipinski definition) is 5. The molecule has 0 fully saturated rings. The predicted octanol–water partition coefficient (Wildman–Crippen LogP) is 2.68. The summed E-state index contributed by atoms with van der Waals surface area (Å²) in [6.45, 7) is 4.88. The van der Waals surface area contributed by atoms with E-state index >= 15 is 0 Å². The number of methoxy groups -OCH3 is 2. The molecule has 1 aromatic rings. The van der Waals surface area contributed by atoms with E-state index in [1.807, 2.05) is 25.3 Å². The predicted molar refractivity (Wildman–Crippen MR) is 83.9 cm³/mol. The Balaban J connectivity index is 2.99. The Morgan fingerprint density at radius 1 is 1.25 bits per heavy atom. The second-order valence-electron chi connectivity index (χ2n) is 4.94. The fraction of sp³-hybridized carbons (Fsp3) is 0.600. The highest BCUT2D eigenvalue weighted by Gasteiger charge is 2.21. The van der Waals surface area contributed by atoms with Gasteiger partial charge >= 0.3 is 0 Å². The zero-order chi connectivity index (χ0) is 15.2. The molecule has 114 valence electrons. The van der Waals surface area contributed by atoms with Gasteiger partial charge in [-0.2, -0.15) is 0 Å². The molecule has 0 aliphatic heterocycles. The molecule has 0 saturated carbocycles. The fourth-order valence-corrected chi connectivity index (χ4v) is 2.45. The van der Waals surface area contributed by atoms with Crippen LogP contribution in [0.15, 0.2) is 17.0 Å². The van der Waals surface area contributed by atoms with Crippen LogP contribution >= 0.6 is 11.8 Å². The smallest absolute Gasteiger partial charge is 0.161 e. The summed E-state index contributed by atoms with van der Waals surface area (Å²) in [5.41, 5.74) is 0.881. The lowest BCUT2D eigenvalue weighted by Gasteiger charge is -2.28. The molecule has 1 unspecified atom stereocenters. The van der Waals surface area contributed by atoms with E-state index in [1.165, 1.54) is 0 Å². The standard InChI is InChI=1S/C15H25NO3S/c1-6-15(2,10-17)16-9-11-7-12(18-3)13(19-4)8-14(11)20-5/h7-8,16-17H,6,9-10H2,1-5H3. The largest absolute Gasteiger partial charge is 0.493 e. The number of thioether (sulfide) groups is 1. The molecule has 1 aromatic carbocycles. The summed E-state index contributed by atoms with van der Waals surface area (Å²) in [5, 5.41) is 12.9. The van der Waals surface area contributed by atoms with E-state index in [1.54, 1.807) is 26.0 Å². The molecule has 2 N–H and O–H groups in total. The lowest BCUT2D eigenvalue weighted by atomic mass is 10.00. The zero-order valence-electron chi connectivity index (χ0n) is 12.9. The van der Waals surface area contributed by atoms with Gasteiger partial charge in [0, 0.05) is 17.0 Å². The second-order valence-corrected chi connectivity index (χ2v) is 5.79. The highest BCUT2D eigenvalue weighted by atomic mass is 32.2. The minimum Gasteiger partial charge on any atom is -0.493 e. The van der Waals surface area contributed by atoms with Gasteiger partial charge in [-0.25, -0.2) is 0 Å². The average molecular weight is 299 g/mol. The van der Waals surface area contributed by atoms with E-state index in [4.69, 9.17) is 9.47 Å². The van der Waals surface area contributed by atoms with Crippen LogP contribution in [0.4, 0.5) is 0 Å². The quantitative estimate of drug-likeness (QED) is 0.723. The molecular weight excluding hydrogens is 274 g/mol. The van der Waals surface area contributed by atoms with Gasteiger partial charge < -0.3 is 19.9 Å². The topological polar surface area (TPSA) is 50.7 Å². The molecule has 0 aliphatic rings. The molecule has 0 bridgehead atoms. The molecule has 0 aromatic heterocycles. The molecule has 0 heterocycles. The van der Waals surface area contributed by atoms with Crippen LogP contribution < -0.4 is 14.8 Å². The summed E-state index contributed by atoms with van der Waals surface area (Å²) in [7, 11) is 3.28. The Bertz CT molecular complexity index is 433. The molecule has 5 heteroatoms. The number of aliphatic hydroxyl groups excluding tert-OH is 1. The number of hydrogen-bond donors (Lipinski definition) is 2. The molecule has 20 heavy (non-hydrogen) atoms. The summed E-state index contributed by atoms with van der Waals surface area (Å²) in [6, 6.07) is 3.98. The molecule has 1 atom stereocenters. The van der Waals surface area contributed by atoms with Gasteiger partial charge in [0.25, 0.3) is 0 Å². The van der Waals surface area contributed by atoms with Crippen molar-refractivity contribution in [3.63, 3.8) is 0 Å². The zero-order valence-corrected chi connectivity index (χ0v) is 13.8. The maximum Gasteiger partial charge on any atom is 0.161 e. The van der Waals surface area contributed by atoms with Crippen molar-refractivity contribution < 1.29 is 14.6 Å². The monoisotopic (exact) mass is 299 g/mol. The summed E-state index contributed by atoms with van der Waals surface area (Å²) in [5.74, 6) is 1.46. The van der Waals surface area contributed by atoms with Crippen LogP contribution in [-0.2, 0) is 6.54 Å². The Hall–Kier alpha value is -0.910. The van der Waals surface area contributed by atoms with E-state index in [0.717, 1.165) is 28.4 Å². The van der Waals surface area contributed by atoms with Gasteiger partial charge in [-0.1, -0.05) is 6.92 Å². The van der Waals surface area contributed by atoms with Crippen molar-refractivity contribution in [2.75, 3.05) is 27.1 Å². The summed E-state index contributed by atoms with van der Waals surface area (Å²) in [4.78, 5) is 1.14. The number of aliphatic hydroxyl groups is 1. The number of rotatable bonds is 8. The minimum absolute atomic E-state index is 0.116. The van der Waals surface area contributed by atoms with Crippen LogP contribution in [0.5, 0.6) is 11.5 Å². The van der Waals surface area contributed by atoms with Crippen LogP contribution in [0.2, 0.25) is 0 Å². The van der Waals surface area contributed by atoms with Gasteiger partial charge in [0.1, 0.15) is 0 Å². The third kappa shape index (κ3) is 4.04. The number of ether oxygens (including phenoxy) is 2. The van der Waals surface area contributed by atoms with E-state index in [2.05, 4.69) is 12.2 Å². The molecule has 0 spiro atoms. The van der Waals surface area contributed by atoms with Crippen LogP contribution in [0.1, 0.15) is 25.8 Å². The third-order valence-corrected chi connectivity index (χ3v) is 4.44. The van der Waals surface area contributed by atoms with Gasteiger partial charge in [0.2, 0.25) is 0 Å². The van der Waals surface area contributed by atoms with Crippen LogP contribution in [0, 0.1) is 0 Å². The van der Waals surface area contributed by atoms with Crippen molar-refractivity contribution in [2.24, 2.45) is 0 Å². The number of nitrogens with one attached hydrogen (secondary N) is 1. The number of benzene rings is 1. The first-order valence-corrected chi connectivity index (χ1v) is 7.90. The lowest BCUT2D eigenvalue weighted by Crippen LogP contribution is -2.44. The van der Waals surface area contributed by atoms with E-state index < -0.39 is 0 Å². The molecule has 0 amide bonds. The van der Waals surface area contributed by atoms with Crippen molar-refractivity contribution in [1.29, 1.82) is 0 Å². The molecule has 4 nitrogen and oxygen atoms in total. The van der Waals surface area contributed by atoms with Crippen LogP contribution in [-0.4, -0.2) is 37.7 Å². The van der Waals surface area contributed by atoms with Crippen molar-refractivity contribution in [2.45, 2.75) is 37.2 Å². The third-order valence-electron chi connectivity index (χ3n) is 3.62. The molecule has 0 saturated heterocycles. The van der Waals surface area contributed by atoms with Crippen LogP contribution in [0.3, 0.4) is 0 Å². The second kappa shape index (κ2) is 7.76. The van der Waals surface area contributed by atoms with E-state index in [9.17, 15) is 5.11 Å². The lowest BCUT2D eigenvalue weighted by molar-refractivity contribution is 0.168. The van der Waals surface area contributed by atoms with Crippen molar-refractivity contribution in [3.05, 3.63) is 17.7 Å². The normalized spacial score (nSPS) is 13.9. The summed E-state index contributed by atoms with van der Waals surface area (Å²) < 4.78 is 10.7. The minimum atomic E-state index is -0.261. The van der Waals surface area contributed by atoms with Gasteiger partial charge in [0.05, 0.1) is 20.8 Å². The molecule has 0 radical (unpaired) electrons. The summed E-state index contributed by atoms with van der Waals surface area (Å²) >= 11 is 1.67. The highest BCUT2D eigenvalue weighted by molar-refractivity contribution is 7.98. The van der Waals surface area contributed by atoms with Gasteiger partial charge in [-0.05, 0) is 37.3 Å². The van der Waals surface area contributed by atoms with Crippen molar-refractivity contribution in [1.82, 2.24) is 5.32 Å². The van der Waals surface area contributed by atoms with Gasteiger partial charge in [-0.15, -0.1) is 11.8 Å². The SMILES string of the molecule is CCC(C)(CO)NCc1cc(OC)c(OC)cc1SC. The fourth-order valence-electron chi connectivity index (χ4n) is 1.83. The van der Waals surface area contributed by atoms with Gasteiger partial charge in [0.15, 0.2) is 11.5 Å². The van der Waals surface area contributed by atoms with Crippen LogP contribution in [0.25, 0.3) is 0 Å². The molecular formula is C15H25NO3S. The van der Waals surface area contributed by atoms with Crippen molar-refractivity contribution in [3.8, 4) is 11.5 Å². The van der Waals surface area contributed by atoms with E-state index in [0.29, 0.717) is 6.54 Å². The molecule has 0 aliphatic carbocycles. The Morgan fingerprint density at radius 2 is 1.85 bits per heavy atom. The first-order chi connectivity index (χ1) is 9.53. The first-order valence-electron chi connectivity index (χ1n) is 6.68.